The molecule has 34 heavy (non-hydrogen) atoms. The molecule has 0 radical (unpaired) electrons. The van der Waals surface area contributed by atoms with Gasteiger partial charge in [0.25, 0.3) is 5.91 Å². The van der Waals surface area contributed by atoms with Crippen LogP contribution in [-0.4, -0.2) is 31.0 Å². The smallest absolute Gasteiger partial charge is 0.277 e. The van der Waals surface area contributed by atoms with E-state index in [0.29, 0.717) is 23.1 Å². The SMILES string of the molecule is Cc1nn(-c2ccc(Nc3ccc(NC(=O)c4cc(-c5cccs5)on4)cc3)nn2)c(C)c1C. The lowest BCUT2D eigenvalue weighted by molar-refractivity contribution is 0.101. The quantitative estimate of drug-likeness (QED) is 0.346. The van der Waals surface area contributed by atoms with Gasteiger partial charge in [-0.15, -0.1) is 21.5 Å². The summed E-state index contributed by atoms with van der Waals surface area (Å²) in [5.41, 5.74) is 4.82. The molecule has 1 amide bonds. The number of hydrogen-bond acceptors (Lipinski definition) is 8. The van der Waals surface area contributed by atoms with Crippen molar-refractivity contribution in [2.75, 3.05) is 10.6 Å². The molecule has 5 rings (SSSR count). The summed E-state index contributed by atoms with van der Waals surface area (Å²) in [4.78, 5) is 13.4. The van der Waals surface area contributed by atoms with E-state index in [2.05, 4.69) is 31.1 Å². The number of rotatable bonds is 6. The molecular weight excluding hydrogens is 450 g/mol. The number of aryl methyl sites for hydroxylation is 1. The summed E-state index contributed by atoms with van der Waals surface area (Å²) < 4.78 is 7.06. The van der Waals surface area contributed by atoms with Crippen LogP contribution in [-0.2, 0) is 0 Å². The predicted octanol–water partition coefficient (Wildman–Crippen LogP) is 5.30. The molecule has 0 saturated carbocycles. The summed E-state index contributed by atoms with van der Waals surface area (Å²) >= 11 is 1.52. The average Bonchev–Trinajstić information content (AvgIpc) is 3.59. The van der Waals surface area contributed by atoms with Crippen LogP contribution >= 0.6 is 11.3 Å². The third-order valence-electron chi connectivity index (χ3n) is 5.44. The summed E-state index contributed by atoms with van der Waals surface area (Å²) in [7, 11) is 0. The lowest BCUT2D eigenvalue weighted by Crippen LogP contribution is -2.12. The second kappa shape index (κ2) is 8.91. The van der Waals surface area contributed by atoms with Crippen molar-refractivity contribution >= 4 is 34.4 Å². The van der Waals surface area contributed by atoms with Crippen molar-refractivity contribution in [3.8, 4) is 16.5 Å². The highest BCUT2D eigenvalue weighted by atomic mass is 32.1. The van der Waals surface area contributed by atoms with Gasteiger partial charge in [-0.05, 0) is 74.2 Å². The number of nitrogens with zero attached hydrogens (tertiary/aromatic N) is 5. The molecule has 0 aliphatic carbocycles. The van der Waals surface area contributed by atoms with Crippen LogP contribution in [0.15, 0.2) is 64.5 Å². The third kappa shape index (κ3) is 4.30. The molecule has 2 N–H and O–H groups in total. The molecule has 10 heteroatoms. The van der Waals surface area contributed by atoms with E-state index in [9.17, 15) is 4.79 Å². The molecule has 0 aliphatic rings. The molecule has 5 aromatic rings. The van der Waals surface area contributed by atoms with Crippen LogP contribution in [0, 0.1) is 20.8 Å². The number of amides is 1. The summed E-state index contributed by atoms with van der Waals surface area (Å²) in [6.07, 6.45) is 0. The highest BCUT2D eigenvalue weighted by Gasteiger charge is 2.15. The van der Waals surface area contributed by atoms with E-state index in [1.165, 1.54) is 11.3 Å². The Bertz CT molecular complexity index is 1440. The number of hydrogen-bond donors (Lipinski definition) is 2. The minimum atomic E-state index is -0.340. The number of aromatic nitrogens is 5. The Morgan fingerprint density at radius 1 is 1.00 bits per heavy atom. The molecule has 4 heterocycles. The Morgan fingerprint density at radius 3 is 2.44 bits per heavy atom. The number of carbonyl (C=O) groups excluding carboxylic acids is 1. The van der Waals surface area contributed by atoms with Gasteiger partial charge in [-0.3, -0.25) is 4.79 Å². The van der Waals surface area contributed by atoms with Crippen LogP contribution in [0.5, 0.6) is 0 Å². The highest BCUT2D eigenvalue weighted by Crippen LogP contribution is 2.25. The minimum Gasteiger partial charge on any atom is -0.355 e. The second-order valence-corrected chi connectivity index (χ2v) is 8.64. The van der Waals surface area contributed by atoms with Crippen molar-refractivity contribution in [1.82, 2.24) is 25.1 Å². The standard InChI is InChI=1S/C24H21N7O2S/c1-14-15(2)29-31(16(14)3)23-11-10-22(27-28-23)25-17-6-8-18(9-7-17)26-24(32)19-13-20(33-30-19)21-5-4-12-34-21/h4-13H,1-3H3,(H,25,27)(H,26,32). The third-order valence-corrected chi connectivity index (χ3v) is 6.33. The number of carbonyl (C=O) groups is 1. The maximum absolute atomic E-state index is 12.5. The molecule has 4 aromatic heterocycles. The van der Waals surface area contributed by atoms with Gasteiger partial charge in [-0.25, -0.2) is 4.68 Å². The van der Waals surface area contributed by atoms with Gasteiger partial charge in [0, 0.05) is 23.1 Å². The van der Waals surface area contributed by atoms with E-state index in [1.54, 1.807) is 22.9 Å². The fraction of sp³-hybridized carbons (Fsp3) is 0.125. The van der Waals surface area contributed by atoms with Gasteiger partial charge in [0.1, 0.15) is 0 Å². The van der Waals surface area contributed by atoms with Gasteiger partial charge in [-0.1, -0.05) is 11.2 Å². The van der Waals surface area contributed by atoms with E-state index in [0.717, 1.165) is 27.5 Å². The second-order valence-electron chi connectivity index (χ2n) is 7.69. The summed E-state index contributed by atoms with van der Waals surface area (Å²) in [5.74, 6) is 1.49. The van der Waals surface area contributed by atoms with E-state index < -0.39 is 0 Å². The Labute approximate surface area is 199 Å². The summed E-state index contributed by atoms with van der Waals surface area (Å²) in [5, 5.41) is 24.9. The number of benzene rings is 1. The van der Waals surface area contributed by atoms with Crippen LogP contribution in [0.4, 0.5) is 17.2 Å². The van der Waals surface area contributed by atoms with Crippen LogP contribution in [0.2, 0.25) is 0 Å². The van der Waals surface area contributed by atoms with E-state index in [1.807, 2.05) is 62.5 Å². The maximum Gasteiger partial charge on any atom is 0.277 e. The van der Waals surface area contributed by atoms with Crippen LogP contribution in [0.1, 0.15) is 27.4 Å². The molecular formula is C24H21N7O2S. The molecule has 0 unspecified atom stereocenters. The maximum atomic E-state index is 12.5. The molecule has 0 saturated heterocycles. The zero-order valence-corrected chi connectivity index (χ0v) is 19.6. The predicted molar refractivity (Wildman–Crippen MR) is 131 cm³/mol. The van der Waals surface area contributed by atoms with Crippen molar-refractivity contribution < 1.29 is 9.32 Å². The van der Waals surface area contributed by atoms with Gasteiger partial charge < -0.3 is 15.2 Å². The molecule has 0 bridgehead atoms. The Hall–Kier alpha value is -4.31. The summed E-state index contributed by atoms with van der Waals surface area (Å²) in [6.45, 7) is 6.02. The molecule has 0 spiro atoms. The number of anilines is 3. The first-order chi connectivity index (χ1) is 16.5. The molecule has 170 valence electrons. The van der Waals surface area contributed by atoms with Crippen molar-refractivity contribution in [2.24, 2.45) is 0 Å². The zero-order valence-electron chi connectivity index (χ0n) is 18.7. The van der Waals surface area contributed by atoms with Gasteiger partial charge in [0.2, 0.25) is 0 Å². The minimum absolute atomic E-state index is 0.221. The normalized spacial score (nSPS) is 10.9. The van der Waals surface area contributed by atoms with E-state index in [-0.39, 0.29) is 11.6 Å². The van der Waals surface area contributed by atoms with Gasteiger partial charge in [-0.2, -0.15) is 5.10 Å². The molecule has 1 aromatic carbocycles. The lowest BCUT2D eigenvalue weighted by Gasteiger charge is -2.08. The van der Waals surface area contributed by atoms with Crippen molar-refractivity contribution in [2.45, 2.75) is 20.8 Å². The number of nitrogens with one attached hydrogen (secondary N) is 2. The Morgan fingerprint density at radius 2 is 1.79 bits per heavy atom. The summed E-state index contributed by atoms with van der Waals surface area (Å²) in [6, 6.07) is 16.4. The van der Waals surface area contributed by atoms with Crippen molar-refractivity contribution in [1.29, 1.82) is 0 Å². The number of thiophene rings is 1. The fourth-order valence-corrected chi connectivity index (χ4v) is 4.02. The van der Waals surface area contributed by atoms with Crippen LogP contribution < -0.4 is 10.6 Å². The van der Waals surface area contributed by atoms with E-state index in [4.69, 9.17) is 4.52 Å². The largest absolute Gasteiger partial charge is 0.355 e. The van der Waals surface area contributed by atoms with Crippen molar-refractivity contribution in [3.63, 3.8) is 0 Å². The fourth-order valence-electron chi connectivity index (χ4n) is 3.35. The average molecular weight is 472 g/mol. The molecule has 9 nitrogen and oxygen atoms in total. The topological polar surface area (TPSA) is 111 Å². The van der Waals surface area contributed by atoms with Crippen LogP contribution in [0.25, 0.3) is 16.5 Å². The lowest BCUT2D eigenvalue weighted by atomic mass is 10.2. The first-order valence-electron chi connectivity index (χ1n) is 10.5. The Balaban J connectivity index is 1.22. The molecule has 0 fully saturated rings. The Kier molecular flexibility index (Phi) is 5.64. The van der Waals surface area contributed by atoms with Gasteiger partial charge in [0.05, 0.1) is 10.6 Å². The van der Waals surface area contributed by atoms with Crippen molar-refractivity contribution in [3.05, 3.63) is 82.6 Å². The highest BCUT2D eigenvalue weighted by molar-refractivity contribution is 7.13. The molecule has 0 aliphatic heterocycles. The zero-order chi connectivity index (χ0) is 23.7. The first-order valence-corrected chi connectivity index (χ1v) is 11.4. The van der Waals surface area contributed by atoms with E-state index >= 15 is 0 Å². The van der Waals surface area contributed by atoms with Gasteiger partial charge >= 0.3 is 0 Å². The van der Waals surface area contributed by atoms with Crippen LogP contribution in [0.3, 0.4) is 0 Å². The molecule has 0 atom stereocenters. The van der Waals surface area contributed by atoms with Gasteiger partial charge in [0.15, 0.2) is 23.1 Å². The first kappa shape index (κ1) is 21.5. The monoisotopic (exact) mass is 471 g/mol.